The zero-order valence-electron chi connectivity index (χ0n) is 13.7. The number of aryl methyl sites for hydroxylation is 1. The van der Waals surface area contributed by atoms with Gasteiger partial charge in [-0.15, -0.1) is 0 Å². The number of hydrogen-bond donors (Lipinski definition) is 1. The van der Waals surface area contributed by atoms with Crippen LogP contribution in [0.4, 0.5) is 5.69 Å². The molecule has 0 fully saturated rings. The van der Waals surface area contributed by atoms with Gasteiger partial charge in [-0.25, -0.2) is 21.6 Å². The number of nitrogens with zero attached hydrogens (tertiary/aromatic N) is 1. The van der Waals surface area contributed by atoms with Crippen molar-refractivity contribution in [3.8, 4) is 0 Å². The summed E-state index contributed by atoms with van der Waals surface area (Å²) >= 11 is 0. The minimum Gasteiger partial charge on any atom is -0.274 e. The average Bonchev–Trinajstić information content (AvgIpc) is 2.52. The number of sulfonamides is 2. The Morgan fingerprint density at radius 2 is 1.62 bits per heavy atom. The standard InChI is InChI=1S/C16H20N2O4S2/c1-13-5-4-6-16(11-13)24(21,22)17-12-14-7-9-15(10-8-14)18(2)23(3,19)20/h4-11,17H,12H2,1-3H3. The van der Waals surface area contributed by atoms with Crippen molar-refractivity contribution in [2.75, 3.05) is 17.6 Å². The van der Waals surface area contributed by atoms with Gasteiger partial charge < -0.3 is 0 Å². The topological polar surface area (TPSA) is 83.6 Å². The zero-order valence-corrected chi connectivity index (χ0v) is 15.4. The first-order valence-electron chi connectivity index (χ1n) is 7.19. The van der Waals surface area contributed by atoms with Crippen molar-refractivity contribution >= 4 is 25.7 Å². The third-order valence-electron chi connectivity index (χ3n) is 3.56. The summed E-state index contributed by atoms with van der Waals surface area (Å²) in [6.45, 7) is 1.95. The molecule has 0 aromatic heterocycles. The third-order valence-corrected chi connectivity index (χ3v) is 6.17. The van der Waals surface area contributed by atoms with Gasteiger partial charge in [0.15, 0.2) is 0 Å². The third kappa shape index (κ3) is 4.56. The second-order valence-electron chi connectivity index (χ2n) is 5.54. The van der Waals surface area contributed by atoms with Crippen molar-refractivity contribution in [2.45, 2.75) is 18.4 Å². The van der Waals surface area contributed by atoms with Crippen LogP contribution >= 0.6 is 0 Å². The Hall–Kier alpha value is -1.90. The molecule has 0 aliphatic heterocycles. The van der Waals surface area contributed by atoms with Crippen LogP contribution in [0.3, 0.4) is 0 Å². The first-order valence-corrected chi connectivity index (χ1v) is 10.5. The van der Waals surface area contributed by atoms with Crippen LogP contribution in [0.25, 0.3) is 0 Å². The fraction of sp³-hybridized carbons (Fsp3) is 0.250. The highest BCUT2D eigenvalue weighted by Crippen LogP contribution is 2.17. The molecule has 0 aliphatic carbocycles. The first-order chi connectivity index (χ1) is 11.1. The van der Waals surface area contributed by atoms with E-state index >= 15 is 0 Å². The highest BCUT2D eigenvalue weighted by atomic mass is 32.2. The molecular formula is C16H20N2O4S2. The molecule has 0 saturated carbocycles. The molecular weight excluding hydrogens is 348 g/mol. The van der Waals surface area contributed by atoms with Gasteiger partial charge in [0.25, 0.3) is 0 Å². The molecule has 8 heteroatoms. The quantitative estimate of drug-likeness (QED) is 0.844. The fourth-order valence-electron chi connectivity index (χ4n) is 2.06. The van der Waals surface area contributed by atoms with E-state index < -0.39 is 20.0 Å². The molecule has 130 valence electrons. The van der Waals surface area contributed by atoms with E-state index in [4.69, 9.17) is 0 Å². The molecule has 0 heterocycles. The van der Waals surface area contributed by atoms with Crippen molar-refractivity contribution in [1.29, 1.82) is 0 Å². The predicted molar refractivity (Wildman–Crippen MR) is 94.9 cm³/mol. The zero-order chi connectivity index (χ0) is 18.0. The Labute approximate surface area is 143 Å². The van der Waals surface area contributed by atoms with E-state index in [1.165, 1.54) is 7.05 Å². The maximum absolute atomic E-state index is 12.3. The molecule has 24 heavy (non-hydrogen) atoms. The van der Waals surface area contributed by atoms with Gasteiger partial charge in [-0.1, -0.05) is 24.3 Å². The van der Waals surface area contributed by atoms with Crippen LogP contribution in [0.5, 0.6) is 0 Å². The van der Waals surface area contributed by atoms with Gasteiger partial charge >= 0.3 is 0 Å². The maximum Gasteiger partial charge on any atom is 0.240 e. The SMILES string of the molecule is Cc1cccc(S(=O)(=O)NCc2ccc(N(C)S(C)(=O)=O)cc2)c1. The van der Waals surface area contributed by atoms with E-state index in [0.717, 1.165) is 21.7 Å². The summed E-state index contributed by atoms with van der Waals surface area (Å²) in [4.78, 5) is 0.218. The van der Waals surface area contributed by atoms with Crippen LogP contribution in [-0.4, -0.2) is 30.1 Å². The van der Waals surface area contributed by atoms with Crippen molar-refractivity contribution in [2.24, 2.45) is 0 Å². The number of nitrogens with one attached hydrogen (secondary N) is 1. The van der Waals surface area contributed by atoms with Gasteiger partial charge in [0.1, 0.15) is 0 Å². The molecule has 0 radical (unpaired) electrons. The summed E-state index contributed by atoms with van der Waals surface area (Å²) in [5.74, 6) is 0. The van der Waals surface area contributed by atoms with Crippen molar-refractivity contribution in [3.63, 3.8) is 0 Å². The second-order valence-corrected chi connectivity index (χ2v) is 9.32. The van der Waals surface area contributed by atoms with E-state index in [1.54, 1.807) is 42.5 Å². The number of benzene rings is 2. The highest BCUT2D eigenvalue weighted by molar-refractivity contribution is 7.92. The van der Waals surface area contributed by atoms with Crippen molar-refractivity contribution in [1.82, 2.24) is 4.72 Å². The Balaban J connectivity index is 2.10. The molecule has 0 bridgehead atoms. The molecule has 6 nitrogen and oxygen atoms in total. The first kappa shape index (κ1) is 18.4. The highest BCUT2D eigenvalue weighted by Gasteiger charge is 2.14. The van der Waals surface area contributed by atoms with Gasteiger partial charge in [-0.2, -0.15) is 0 Å². The molecule has 0 unspecified atom stereocenters. The minimum atomic E-state index is -3.59. The maximum atomic E-state index is 12.3. The summed E-state index contributed by atoms with van der Waals surface area (Å²) in [5, 5.41) is 0. The van der Waals surface area contributed by atoms with E-state index in [2.05, 4.69) is 4.72 Å². The van der Waals surface area contributed by atoms with Gasteiger partial charge in [-0.3, -0.25) is 4.31 Å². The lowest BCUT2D eigenvalue weighted by Crippen LogP contribution is -2.25. The summed E-state index contributed by atoms with van der Waals surface area (Å²) in [6.07, 6.45) is 1.12. The summed E-state index contributed by atoms with van der Waals surface area (Å²) in [7, 11) is -5.45. The summed E-state index contributed by atoms with van der Waals surface area (Å²) in [6, 6.07) is 13.3. The van der Waals surface area contributed by atoms with Crippen LogP contribution in [0.1, 0.15) is 11.1 Å². The van der Waals surface area contributed by atoms with Crippen LogP contribution in [0, 0.1) is 6.92 Å². The predicted octanol–water partition coefficient (Wildman–Crippen LogP) is 1.87. The van der Waals surface area contributed by atoms with Crippen LogP contribution in [0.15, 0.2) is 53.4 Å². The molecule has 0 amide bonds. The van der Waals surface area contributed by atoms with E-state index in [-0.39, 0.29) is 11.4 Å². The van der Waals surface area contributed by atoms with E-state index in [1.807, 2.05) is 13.0 Å². The lowest BCUT2D eigenvalue weighted by Gasteiger charge is -2.16. The normalized spacial score (nSPS) is 12.1. The number of hydrogen-bond acceptors (Lipinski definition) is 4. The van der Waals surface area contributed by atoms with Crippen molar-refractivity contribution in [3.05, 3.63) is 59.7 Å². The largest absolute Gasteiger partial charge is 0.274 e. The van der Waals surface area contributed by atoms with Gasteiger partial charge in [-0.05, 0) is 42.3 Å². The Morgan fingerprint density at radius 3 is 2.17 bits per heavy atom. The summed E-state index contributed by atoms with van der Waals surface area (Å²) < 4.78 is 51.2. The Bertz CT molecular complexity index is 921. The van der Waals surface area contributed by atoms with Gasteiger partial charge in [0.05, 0.1) is 16.8 Å². The monoisotopic (exact) mass is 368 g/mol. The average molecular weight is 368 g/mol. The Morgan fingerprint density at radius 1 is 1.00 bits per heavy atom. The van der Waals surface area contributed by atoms with Gasteiger partial charge in [0.2, 0.25) is 20.0 Å². The number of anilines is 1. The molecule has 0 saturated heterocycles. The van der Waals surface area contributed by atoms with Gasteiger partial charge in [0, 0.05) is 13.6 Å². The van der Waals surface area contributed by atoms with E-state index in [0.29, 0.717) is 5.69 Å². The van der Waals surface area contributed by atoms with Crippen LogP contribution in [-0.2, 0) is 26.6 Å². The lowest BCUT2D eigenvalue weighted by atomic mass is 10.2. The molecule has 0 spiro atoms. The smallest absolute Gasteiger partial charge is 0.240 e. The van der Waals surface area contributed by atoms with Crippen LogP contribution in [0.2, 0.25) is 0 Å². The van der Waals surface area contributed by atoms with Crippen molar-refractivity contribution < 1.29 is 16.8 Å². The lowest BCUT2D eigenvalue weighted by molar-refractivity contribution is 0.581. The Kier molecular flexibility index (Phi) is 5.32. The summed E-state index contributed by atoms with van der Waals surface area (Å²) in [5.41, 5.74) is 2.12. The molecule has 1 N–H and O–H groups in total. The molecule has 0 aliphatic rings. The second kappa shape index (κ2) is 6.92. The van der Waals surface area contributed by atoms with Crippen LogP contribution < -0.4 is 9.03 Å². The fourth-order valence-corrected chi connectivity index (χ4v) is 3.69. The molecule has 2 aromatic rings. The minimum absolute atomic E-state index is 0.124. The molecule has 2 aromatic carbocycles. The number of rotatable bonds is 6. The molecule has 0 atom stereocenters. The molecule has 2 rings (SSSR count). The van der Waals surface area contributed by atoms with E-state index in [9.17, 15) is 16.8 Å².